The largest absolute Gasteiger partial charge is 0.270 e. The minimum absolute atomic E-state index is 0.132. The van der Waals surface area contributed by atoms with Crippen LogP contribution in [0.2, 0.25) is 0 Å². The number of halogens is 1. The van der Waals surface area contributed by atoms with Crippen LogP contribution in [0.5, 0.6) is 0 Å². The molecule has 1 fully saturated rings. The molecule has 0 aliphatic carbocycles. The molecule has 1 aromatic heterocycles. The number of aromatic nitrogens is 2. The summed E-state index contributed by atoms with van der Waals surface area (Å²) in [4.78, 5) is 0.257. The number of hydrogen-bond donors (Lipinski definition) is 0. The molecule has 114 valence electrons. The summed E-state index contributed by atoms with van der Waals surface area (Å²) in [6.45, 7) is 5.94. The number of hydrogen-bond acceptors (Lipinski definition) is 4. The highest BCUT2D eigenvalue weighted by molar-refractivity contribution is 8.00. The summed E-state index contributed by atoms with van der Waals surface area (Å²) in [7, 11) is -3.44. The van der Waals surface area contributed by atoms with Crippen molar-refractivity contribution in [2.24, 2.45) is 0 Å². The average Bonchev–Trinajstić information content (AvgIpc) is 2.75. The SMILES string of the molecule is CC1(C)CCN(S(=O)(=O)c2cnn(CCCl)c2)CCS1. The molecule has 1 aliphatic heterocycles. The molecule has 0 saturated carbocycles. The lowest BCUT2D eigenvalue weighted by Crippen LogP contribution is -2.33. The van der Waals surface area contributed by atoms with Gasteiger partial charge in [-0.3, -0.25) is 4.68 Å². The first-order valence-electron chi connectivity index (χ1n) is 6.58. The van der Waals surface area contributed by atoms with Crippen LogP contribution in [-0.2, 0) is 16.6 Å². The van der Waals surface area contributed by atoms with Crippen LogP contribution in [0.15, 0.2) is 17.3 Å². The molecule has 0 unspecified atom stereocenters. The molecule has 0 radical (unpaired) electrons. The number of sulfonamides is 1. The first kappa shape index (κ1) is 16.1. The normalized spacial score (nSPS) is 20.8. The van der Waals surface area contributed by atoms with Crippen molar-refractivity contribution in [3.8, 4) is 0 Å². The van der Waals surface area contributed by atoms with Gasteiger partial charge in [0.15, 0.2) is 0 Å². The molecule has 0 N–H and O–H groups in total. The van der Waals surface area contributed by atoms with Gasteiger partial charge in [0.05, 0.1) is 12.7 Å². The molecule has 0 bridgehead atoms. The Morgan fingerprint density at radius 1 is 1.45 bits per heavy atom. The van der Waals surface area contributed by atoms with E-state index >= 15 is 0 Å². The lowest BCUT2D eigenvalue weighted by Gasteiger charge is -2.22. The van der Waals surface area contributed by atoms with Crippen LogP contribution < -0.4 is 0 Å². The minimum Gasteiger partial charge on any atom is -0.270 e. The number of rotatable bonds is 4. The number of thioether (sulfide) groups is 1. The van der Waals surface area contributed by atoms with E-state index in [0.29, 0.717) is 25.5 Å². The molecule has 5 nitrogen and oxygen atoms in total. The van der Waals surface area contributed by atoms with Crippen LogP contribution >= 0.6 is 23.4 Å². The van der Waals surface area contributed by atoms with Gasteiger partial charge < -0.3 is 0 Å². The van der Waals surface area contributed by atoms with E-state index in [1.165, 1.54) is 6.20 Å². The van der Waals surface area contributed by atoms with Crippen LogP contribution in [0.4, 0.5) is 0 Å². The Bertz CT molecular complexity index is 557. The summed E-state index contributed by atoms with van der Waals surface area (Å²) in [5.74, 6) is 1.23. The quantitative estimate of drug-likeness (QED) is 0.789. The van der Waals surface area contributed by atoms with Crippen LogP contribution in [0, 0.1) is 0 Å². The van der Waals surface area contributed by atoms with E-state index in [4.69, 9.17) is 11.6 Å². The van der Waals surface area contributed by atoms with E-state index in [2.05, 4.69) is 18.9 Å². The predicted molar refractivity (Wildman–Crippen MR) is 82.9 cm³/mol. The van der Waals surface area contributed by atoms with Gasteiger partial charge >= 0.3 is 0 Å². The van der Waals surface area contributed by atoms with Crippen molar-refractivity contribution in [2.45, 2.75) is 36.5 Å². The fraction of sp³-hybridized carbons (Fsp3) is 0.750. The summed E-state index contributed by atoms with van der Waals surface area (Å²) < 4.78 is 28.5. The Labute approximate surface area is 129 Å². The highest BCUT2D eigenvalue weighted by Gasteiger charge is 2.31. The molecule has 2 rings (SSSR count). The van der Waals surface area contributed by atoms with Crippen molar-refractivity contribution in [3.63, 3.8) is 0 Å². The minimum atomic E-state index is -3.44. The monoisotopic (exact) mass is 337 g/mol. The zero-order chi connectivity index (χ0) is 14.8. The van der Waals surface area contributed by atoms with Crippen molar-refractivity contribution >= 4 is 33.4 Å². The summed E-state index contributed by atoms with van der Waals surface area (Å²) in [5.41, 5.74) is 0. The van der Waals surface area contributed by atoms with Gasteiger partial charge in [-0.25, -0.2) is 8.42 Å². The lowest BCUT2D eigenvalue weighted by atomic mass is 10.1. The topological polar surface area (TPSA) is 55.2 Å². The van der Waals surface area contributed by atoms with Crippen molar-refractivity contribution in [3.05, 3.63) is 12.4 Å². The summed E-state index contributed by atoms with van der Waals surface area (Å²) in [6.07, 6.45) is 3.82. The first-order chi connectivity index (χ1) is 9.35. The fourth-order valence-electron chi connectivity index (χ4n) is 2.08. The second-order valence-corrected chi connectivity index (χ2v) is 9.51. The average molecular weight is 338 g/mol. The van der Waals surface area contributed by atoms with Gasteiger partial charge in [0, 0.05) is 35.7 Å². The molecule has 0 atom stereocenters. The van der Waals surface area contributed by atoms with Gasteiger partial charge in [0.1, 0.15) is 4.90 Å². The number of aryl methyl sites for hydroxylation is 1. The Morgan fingerprint density at radius 3 is 2.90 bits per heavy atom. The second-order valence-electron chi connectivity index (χ2n) is 5.39. The van der Waals surface area contributed by atoms with Gasteiger partial charge in [0.25, 0.3) is 0 Å². The van der Waals surface area contributed by atoms with E-state index in [0.717, 1.165) is 12.2 Å². The second kappa shape index (κ2) is 6.25. The Kier molecular flexibility index (Phi) is 5.05. The van der Waals surface area contributed by atoms with Gasteiger partial charge in [-0.15, -0.1) is 11.6 Å². The number of nitrogens with zero attached hydrogens (tertiary/aromatic N) is 3. The molecular weight excluding hydrogens is 318 g/mol. The van der Waals surface area contributed by atoms with Gasteiger partial charge in [0.2, 0.25) is 10.0 Å². The van der Waals surface area contributed by atoms with Crippen LogP contribution in [0.25, 0.3) is 0 Å². The van der Waals surface area contributed by atoms with E-state index in [-0.39, 0.29) is 9.64 Å². The molecule has 0 spiro atoms. The number of alkyl halides is 1. The predicted octanol–water partition coefficient (Wildman–Crippen LogP) is 2.03. The van der Waals surface area contributed by atoms with E-state index in [1.807, 2.05) is 11.8 Å². The van der Waals surface area contributed by atoms with Gasteiger partial charge in [-0.05, 0) is 6.42 Å². The van der Waals surface area contributed by atoms with Crippen LogP contribution in [-0.4, -0.2) is 52.0 Å². The maximum atomic E-state index is 12.6. The Balaban J connectivity index is 2.16. The van der Waals surface area contributed by atoms with Gasteiger partial charge in [-0.1, -0.05) is 13.8 Å². The maximum Gasteiger partial charge on any atom is 0.246 e. The maximum absolute atomic E-state index is 12.6. The molecule has 8 heteroatoms. The highest BCUT2D eigenvalue weighted by Crippen LogP contribution is 2.32. The zero-order valence-electron chi connectivity index (χ0n) is 11.7. The van der Waals surface area contributed by atoms with Crippen molar-refractivity contribution in [1.29, 1.82) is 0 Å². The standard InChI is InChI=1S/C12H20ClN3O2S2/c1-12(2)3-5-16(7-8-19-12)20(17,18)11-9-14-15(10-11)6-4-13/h9-10H,3-8H2,1-2H3. The fourth-order valence-corrected chi connectivity index (χ4v) is 4.86. The van der Waals surface area contributed by atoms with Crippen molar-refractivity contribution in [2.75, 3.05) is 24.7 Å². The molecule has 0 aromatic carbocycles. The zero-order valence-corrected chi connectivity index (χ0v) is 14.1. The first-order valence-corrected chi connectivity index (χ1v) is 9.54. The molecule has 2 heterocycles. The molecule has 20 heavy (non-hydrogen) atoms. The Hall–Kier alpha value is -0.240. The Morgan fingerprint density at radius 2 is 2.20 bits per heavy atom. The van der Waals surface area contributed by atoms with Crippen molar-refractivity contribution < 1.29 is 8.42 Å². The highest BCUT2D eigenvalue weighted by atomic mass is 35.5. The summed E-state index contributed by atoms with van der Waals surface area (Å²) in [6, 6.07) is 0. The summed E-state index contributed by atoms with van der Waals surface area (Å²) in [5, 5.41) is 4.04. The third-order valence-electron chi connectivity index (χ3n) is 3.36. The molecule has 1 saturated heterocycles. The third kappa shape index (κ3) is 3.69. The van der Waals surface area contributed by atoms with E-state index < -0.39 is 10.0 Å². The lowest BCUT2D eigenvalue weighted by molar-refractivity contribution is 0.415. The molecule has 1 aliphatic rings. The van der Waals surface area contributed by atoms with Crippen LogP contribution in [0.1, 0.15) is 20.3 Å². The van der Waals surface area contributed by atoms with Gasteiger partial charge in [-0.2, -0.15) is 21.2 Å². The molecule has 0 amide bonds. The smallest absolute Gasteiger partial charge is 0.246 e. The van der Waals surface area contributed by atoms with E-state index in [1.54, 1.807) is 15.2 Å². The third-order valence-corrected chi connectivity index (χ3v) is 6.75. The van der Waals surface area contributed by atoms with E-state index in [9.17, 15) is 8.42 Å². The molecule has 1 aromatic rings. The van der Waals surface area contributed by atoms with Crippen molar-refractivity contribution in [1.82, 2.24) is 14.1 Å². The molecular formula is C12H20ClN3O2S2. The summed E-state index contributed by atoms with van der Waals surface area (Å²) >= 11 is 7.46. The van der Waals surface area contributed by atoms with Crippen LogP contribution in [0.3, 0.4) is 0 Å².